The molecule has 2 atom stereocenters. The van der Waals surface area contributed by atoms with Gasteiger partial charge in [0.25, 0.3) is 5.91 Å². The second-order valence-corrected chi connectivity index (χ2v) is 9.63. The Labute approximate surface area is 200 Å². The standard InChI is InChI=1S/C28H31FN2O3/c1-34-25-24(30-26(32)20-10-7-11-21(29)18-20)22-12-5-6-13-23(22)28(25)14-16-31(17-15-28)27(33)19-8-3-2-4-9-19/h5-8,10-13,18,24-25H,2-4,9,14-17H2,1H3,(H,30,32)/t24-,25+/m1/s1. The van der Waals surface area contributed by atoms with E-state index < -0.39 is 5.82 Å². The molecule has 1 heterocycles. The maximum Gasteiger partial charge on any atom is 0.251 e. The summed E-state index contributed by atoms with van der Waals surface area (Å²) in [6, 6.07) is 13.5. The first-order valence-electron chi connectivity index (χ1n) is 12.2. The minimum absolute atomic E-state index is 0.172. The first kappa shape index (κ1) is 22.8. The number of carbonyl (C=O) groups is 2. The van der Waals surface area contributed by atoms with Gasteiger partial charge in [0.15, 0.2) is 0 Å². The highest BCUT2D eigenvalue weighted by Gasteiger charge is 2.54. The van der Waals surface area contributed by atoms with Gasteiger partial charge in [-0.15, -0.1) is 0 Å². The normalized spacial score (nSPS) is 23.4. The third-order valence-electron chi connectivity index (χ3n) is 7.82. The summed E-state index contributed by atoms with van der Waals surface area (Å²) in [7, 11) is 1.68. The first-order chi connectivity index (χ1) is 16.5. The monoisotopic (exact) mass is 462 g/mol. The van der Waals surface area contributed by atoms with Crippen LogP contribution in [0.2, 0.25) is 0 Å². The van der Waals surface area contributed by atoms with Crippen LogP contribution in [0.5, 0.6) is 0 Å². The number of nitrogens with one attached hydrogen (secondary N) is 1. The SMILES string of the molecule is CO[C@H]1[C@H](NC(=O)c2cccc(F)c2)c2ccccc2C12CCN(C(=O)C1=CCCCC1)CC2. The van der Waals surface area contributed by atoms with Crippen LogP contribution in [0.3, 0.4) is 0 Å². The fraction of sp³-hybridized carbons (Fsp3) is 0.429. The van der Waals surface area contributed by atoms with Gasteiger partial charge >= 0.3 is 0 Å². The van der Waals surface area contributed by atoms with Gasteiger partial charge in [0.05, 0.1) is 12.1 Å². The van der Waals surface area contributed by atoms with Crippen molar-refractivity contribution in [2.45, 2.75) is 56.1 Å². The van der Waals surface area contributed by atoms with Crippen LogP contribution in [0.25, 0.3) is 0 Å². The van der Waals surface area contributed by atoms with Crippen LogP contribution < -0.4 is 5.32 Å². The van der Waals surface area contributed by atoms with Gasteiger partial charge in [-0.2, -0.15) is 0 Å². The number of benzene rings is 2. The van der Waals surface area contributed by atoms with Crippen molar-refractivity contribution in [1.29, 1.82) is 0 Å². The molecule has 178 valence electrons. The van der Waals surface area contributed by atoms with E-state index >= 15 is 0 Å². The molecule has 1 fully saturated rings. The highest BCUT2D eigenvalue weighted by Crippen LogP contribution is 2.52. The number of fused-ring (bicyclic) bond motifs is 2. The fourth-order valence-electron chi connectivity index (χ4n) is 6.12. The van der Waals surface area contributed by atoms with Crippen molar-refractivity contribution in [3.63, 3.8) is 0 Å². The largest absolute Gasteiger partial charge is 0.378 e. The lowest BCUT2D eigenvalue weighted by Crippen LogP contribution is -2.52. The van der Waals surface area contributed by atoms with E-state index in [4.69, 9.17) is 4.74 Å². The molecule has 1 N–H and O–H groups in total. The summed E-state index contributed by atoms with van der Waals surface area (Å²) in [4.78, 5) is 28.1. The Morgan fingerprint density at radius 3 is 2.59 bits per heavy atom. The number of piperidine rings is 1. The van der Waals surface area contributed by atoms with Crippen LogP contribution >= 0.6 is 0 Å². The summed E-state index contributed by atoms with van der Waals surface area (Å²) in [6.45, 7) is 1.32. The molecule has 2 aliphatic carbocycles. The van der Waals surface area contributed by atoms with Crippen LogP contribution in [0, 0.1) is 5.82 Å². The van der Waals surface area contributed by atoms with Crippen molar-refractivity contribution < 1.29 is 18.7 Å². The van der Waals surface area contributed by atoms with Crippen LogP contribution in [0.15, 0.2) is 60.2 Å². The molecule has 0 radical (unpaired) electrons. The topological polar surface area (TPSA) is 58.6 Å². The number of ether oxygens (including phenoxy) is 1. The molecule has 0 saturated carbocycles. The van der Waals surface area contributed by atoms with Crippen molar-refractivity contribution in [2.75, 3.05) is 20.2 Å². The molecule has 1 spiro atoms. The summed E-state index contributed by atoms with van der Waals surface area (Å²) in [6.07, 6.45) is 7.49. The summed E-state index contributed by atoms with van der Waals surface area (Å²) in [5.74, 6) is -0.592. The van der Waals surface area contributed by atoms with E-state index in [0.29, 0.717) is 13.1 Å². The maximum absolute atomic E-state index is 13.7. The lowest BCUT2D eigenvalue weighted by molar-refractivity contribution is -0.130. The zero-order valence-corrected chi connectivity index (χ0v) is 19.6. The Bertz CT molecular complexity index is 1120. The van der Waals surface area contributed by atoms with Gasteiger partial charge in [-0.3, -0.25) is 9.59 Å². The van der Waals surface area contributed by atoms with E-state index in [-0.39, 0.29) is 34.9 Å². The van der Waals surface area contributed by atoms with E-state index in [0.717, 1.165) is 49.7 Å². The molecular formula is C28H31FN2O3. The van der Waals surface area contributed by atoms with Crippen molar-refractivity contribution in [1.82, 2.24) is 10.2 Å². The Morgan fingerprint density at radius 2 is 1.88 bits per heavy atom. The Morgan fingerprint density at radius 1 is 1.09 bits per heavy atom. The van der Waals surface area contributed by atoms with Gasteiger partial charge in [-0.1, -0.05) is 36.4 Å². The van der Waals surface area contributed by atoms with Crippen molar-refractivity contribution in [3.05, 3.63) is 82.7 Å². The third kappa shape index (κ3) is 3.94. The number of methoxy groups -OCH3 is 1. The first-order valence-corrected chi connectivity index (χ1v) is 12.2. The Kier molecular flexibility index (Phi) is 6.26. The molecule has 1 aliphatic heterocycles. The van der Waals surface area contributed by atoms with Gasteiger partial charge < -0.3 is 15.0 Å². The third-order valence-corrected chi connectivity index (χ3v) is 7.82. The molecule has 0 bridgehead atoms. The van der Waals surface area contributed by atoms with E-state index in [1.165, 1.54) is 23.8 Å². The molecule has 5 rings (SSSR count). The highest BCUT2D eigenvalue weighted by molar-refractivity contribution is 5.95. The minimum atomic E-state index is -0.440. The zero-order valence-electron chi connectivity index (χ0n) is 19.6. The number of hydrogen-bond donors (Lipinski definition) is 1. The van der Waals surface area contributed by atoms with Gasteiger partial charge in [0.1, 0.15) is 5.82 Å². The molecule has 2 amide bonds. The van der Waals surface area contributed by atoms with E-state index in [2.05, 4.69) is 17.5 Å². The zero-order chi connectivity index (χ0) is 23.7. The second kappa shape index (κ2) is 9.34. The van der Waals surface area contributed by atoms with Gasteiger partial charge in [0.2, 0.25) is 5.91 Å². The Balaban J connectivity index is 1.39. The number of halogens is 1. The molecule has 0 unspecified atom stereocenters. The van der Waals surface area contributed by atoms with Crippen LogP contribution in [0.1, 0.15) is 66.1 Å². The average molecular weight is 463 g/mol. The molecule has 2 aromatic rings. The summed E-state index contributed by atoms with van der Waals surface area (Å²) in [5.41, 5.74) is 3.17. The average Bonchev–Trinajstić information content (AvgIpc) is 3.13. The van der Waals surface area contributed by atoms with Crippen molar-refractivity contribution >= 4 is 11.8 Å². The number of carbonyl (C=O) groups excluding carboxylic acids is 2. The Hall–Kier alpha value is -2.99. The fourth-order valence-corrected chi connectivity index (χ4v) is 6.12. The molecular weight excluding hydrogens is 431 g/mol. The summed E-state index contributed by atoms with van der Waals surface area (Å²) in [5, 5.41) is 3.12. The van der Waals surface area contributed by atoms with E-state index in [1.54, 1.807) is 13.2 Å². The van der Waals surface area contributed by atoms with Gasteiger partial charge in [0, 0.05) is 36.8 Å². The number of likely N-dealkylation sites (tertiary alicyclic amines) is 1. The lowest BCUT2D eigenvalue weighted by atomic mass is 9.71. The van der Waals surface area contributed by atoms with Gasteiger partial charge in [-0.25, -0.2) is 4.39 Å². The summed E-state index contributed by atoms with van der Waals surface area (Å²) >= 11 is 0. The number of amides is 2. The quantitative estimate of drug-likeness (QED) is 0.718. The maximum atomic E-state index is 13.7. The number of nitrogens with zero attached hydrogens (tertiary/aromatic N) is 1. The molecule has 6 heteroatoms. The molecule has 3 aliphatic rings. The van der Waals surface area contributed by atoms with Crippen LogP contribution in [0.4, 0.5) is 4.39 Å². The van der Waals surface area contributed by atoms with E-state index in [9.17, 15) is 14.0 Å². The van der Waals surface area contributed by atoms with Crippen molar-refractivity contribution in [3.8, 4) is 0 Å². The number of rotatable bonds is 4. The lowest BCUT2D eigenvalue weighted by Gasteiger charge is -2.44. The van der Waals surface area contributed by atoms with Gasteiger partial charge in [-0.05, 0) is 67.9 Å². The van der Waals surface area contributed by atoms with Crippen LogP contribution in [-0.2, 0) is 14.9 Å². The highest BCUT2D eigenvalue weighted by atomic mass is 19.1. The summed E-state index contributed by atoms with van der Waals surface area (Å²) < 4.78 is 19.8. The van der Waals surface area contributed by atoms with E-state index in [1.807, 2.05) is 23.1 Å². The molecule has 1 saturated heterocycles. The van der Waals surface area contributed by atoms with Crippen molar-refractivity contribution in [2.24, 2.45) is 0 Å². The predicted molar refractivity (Wildman–Crippen MR) is 128 cm³/mol. The number of hydrogen-bond acceptors (Lipinski definition) is 3. The number of allylic oxidation sites excluding steroid dienone is 1. The molecule has 0 aromatic heterocycles. The molecule has 34 heavy (non-hydrogen) atoms. The predicted octanol–water partition coefficient (Wildman–Crippen LogP) is 4.69. The second-order valence-electron chi connectivity index (χ2n) is 9.63. The van der Waals surface area contributed by atoms with Crippen LogP contribution in [-0.4, -0.2) is 43.0 Å². The smallest absolute Gasteiger partial charge is 0.251 e. The molecule has 5 nitrogen and oxygen atoms in total. The minimum Gasteiger partial charge on any atom is -0.378 e. The molecule has 2 aromatic carbocycles.